The summed E-state index contributed by atoms with van der Waals surface area (Å²) in [5.74, 6) is 0.776. The Bertz CT molecular complexity index is 169. The summed E-state index contributed by atoms with van der Waals surface area (Å²) in [7, 11) is 0. The lowest BCUT2D eigenvalue weighted by Crippen LogP contribution is -2.25. The number of carbonyl (C=O) groups is 1. The summed E-state index contributed by atoms with van der Waals surface area (Å²) in [6.07, 6.45) is 6.48. The van der Waals surface area contributed by atoms with Gasteiger partial charge in [0.1, 0.15) is 0 Å². The maximum Gasteiger partial charge on any atom is 0.407 e. The van der Waals surface area contributed by atoms with Crippen LogP contribution in [0.2, 0.25) is 0 Å². The molecule has 0 aliphatic heterocycles. The molecule has 16 heavy (non-hydrogen) atoms. The van der Waals surface area contributed by atoms with E-state index in [1.807, 2.05) is 0 Å². The minimum Gasteiger partial charge on any atom is -0.450 e. The third kappa shape index (κ3) is 11.3. The lowest BCUT2D eigenvalue weighted by Gasteiger charge is -2.07. The summed E-state index contributed by atoms with van der Waals surface area (Å²) >= 11 is 0. The van der Waals surface area contributed by atoms with Gasteiger partial charge in [0.2, 0.25) is 0 Å². The Morgan fingerprint density at radius 2 is 1.94 bits per heavy atom. The molecular weight excluding hydrogens is 202 g/mol. The number of carbonyl (C=O) groups excluding carboxylic acids is 1. The van der Waals surface area contributed by atoms with E-state index in [0.717, 1.165) is 38.1 Å². The van der Waals surface area contributed by atoms with Gasteiger partial charge in [0.05, 0.1) is 6.61 Å². The van der Waals surface area contributed by atoms with Crippen LogP contribution >= 0.6 is 0 Å². The van der Waals surface area contributed by atoms with Crippen molar-refractivity contribution in [1.29, 1.82) is 0 Å². The van der Waals surface area contributed by atoms with Gasteiger partial charge in [-0.1, -0.05) is 46.5 Å². The van der Waals surface area contributed by atoms with Crippen LogP contribution < -0.4 is 5.32 Å². The van der Waals surface area contributed by atoms with Gasteiger partial charge >= 0.3 is 6.09 Å². The summed E-state index contributed by atoms with van der Waals surface area (Å²) < 4.78 is 5.05. The molecule has 0 saturated heterocycles. The number of amides is 1. The van der Waals surface area contributed by atoms with Crippen LogP contribution in [0.15, 0.2) is 0 Å². The van der Waals surface area contributed by atoms with E-state index >= 15 is 0 Å². The zero-order chi connectivity index (χ0) is 12.2. The maximum absolute atomic E-state index is 11.1. The summed E-state index contributed by atoms with van der Waals surface area (Å²) in [5, 5.41) is 2.73. The molecular formula is C13H27NO2. The Morgan fingerprint density at radius 3 is 2.56 bits per heavy atom. The van der Waals surface area contributed by atoms with Gasteiger partial charge < -0.3 is 10.1 Å². The van der Waals surface area contributed by atoms with Crippen molar-refractivity contribution >= 4 is 6.09 Å². The fourth-order valence-corrected chi connectivity index (χ4v) is 1.41. The zero-order valence-corrected chi connectivity index (χ0v) is 11.1. The lowest BCUT2D eigenvalue weighted by molar-refractivity contribution is 0.143. The molecule has 0 radical (unpaired) electrons. The van der Waals surface area contributed by atoms with Crippen molar-refractivity contribution in [3.05, 3.63) is 0 Å². The predicted molar refractivity (Wildman–Crippen MR) is 67.6 cm³/mol. The second-order valence-corrected chi connectivity index (χ2v) is 4.66. The Labute approximate surface area is 99.9 Å². The zero-order valence-electron chi connectivity index (χ0n) is 11.1. The molecule has 3 nitrogen and oxygen atoms in total. The summed E-state index contributed by atoms with van der Waals surface area (Å²) in [6.45, 7) is 7.84. The molecule has 0 aromatic rings. The molecule has 0 atom stereocenters. The average molecular weight is 229 g/mol. The van der Waals surface area contributed by atoms with E-state index < -0.39 is 0 Å². The van der Waals surface area contributed by atoms with Gasteiger partial charge in [0, 0.05) is 6.54 Å². The van der Waals surface area contributed by atoms with E-state index in [-0.39, 0.29) is 6.09 Å². The number of alkyl carbamates (subject to hydrolysis) is 1. The highest BCUT2D eigenvalue weighted by atomic mass is 16.5. The van der Waals surface area contributed by atoms with E-state index in [1.165, 1.54) is 12.8 Å². The number of ether oxygens (including phenoxy) is 1. The molecule has 0 fully saturated rings. The lowest BCUT2D eigenvalue weighted by atomic mass is 10.1. The molecule has 0 saturated carbocycles. The average Bonchev–Trinajstić information content (AvgIpc) is 2.23. The van der Waals surface area contributed by atoms with E-state index in [2.05, 4.69) is 26.1 Å². The number of hydrogen-bond acceptors (Lipinski definition) is 2. The molecule has 1 amide bonds. The van der Waals surface area contributed by atoms with Crippen LogP contribution in [0, 0.1) is 5.92 Å². The van der Waals surface area contributed by atoms with Crippen LogP contribution in [0.3, 0.4) is 0 Å². The Kier molecular flexibility index (Phi) is 10.3. The Morgan fingerprint density at radius 1 is 1.19 bits per heavy atom. The monoisotopic (exact) mass is 229 g/mol. The topological polar surface area (TPSA) is 38.3 Å². The van der Waals surface area contributed by atoms with E-state index in [9.17, 15) is 4.79 Å². The van der Waals surface area contributed by atoms with Crippen molar-refractivity contribution in [3.63, 3.8) is 0 Å². The van der Waals surface area contributed by atoms with Crippen LogP contribution in [-0.4, -0.2) is 19.2 Å². The Hall–Kier alpha value is -0.730. The highest BCUT2D eigenvalue weighted by molar-refractivity contribution is 5.66. The number of hydrogen-bond donors (Lipinski definition) is 1. The van der Waals surface area contributed by atoms with Crippen molar-refractivity contribution in [2.24, 2.45) is 5.92 Å². The first kappa shape index (κ1) is 15.3. The normalized spacial score (nSPS) is 10.5. The molecule has 0 aromatic carbocycles. The van der Waals surface area contributed by atoms with Crippen molar-refractivity contribution in [2.45, 2.75) is 59.3 Å². The minimum atomic E-state index is -0.266. The number of unbranched alkanes of at least 4 members (excludes halogenated alkanes) is 3. The molecule has 0 aromatic heterocycles. The van der Waals surface area contributed by atoms with Crippen LogP contribution in [-0.2, 0) is 4.74 Å². The van der Waals surface area contributed by atoms with Gasteiger partial charge in [-0.2, -0.15) is 0 Å². The van der Waals surface area contributed by atoms with Crippen molar-refractivity contribution in [3.8, 4) is 0 Å². The van der Waals surface area contributed by atoms with E-state index in [4.69, 9.17) is 4.74 Å². The van der Waals surface area contributed by atoms with E-state index in [0.29, 0.717) is 6.61 Å². The molecule has 0 spiro atoms. The second-order valence-electron chi connectivity index (χ2n) is 4.66. The highest BCUT2D eigenvalue weighted by Gasteiger charge is 2.00. The van der Waals surface area contributed by atoms with Gasteiger partial charge in [0.25, 0.3) is 0 Å². The first-order chi connectivity index (χ1) is 7.66. The molecule has 0 aliphatic carbocycles. The van der Waals surface area contributed by atoms with Gasteiger partial charge in [-0.05, 0) is 18.8 Å². The maximum atomic E-state index is 11.1. The summed E-state index contributed by atoms with van der Waals surface area (Å²) in [6, 6.07) is 0. The highest BCUT2D eigenvalue weighted by Crippen LogP contribution is 2.07. The van der Waals surface area contributed by atoms with Crippen LogP contribution in [0.5, 0.6) is 0 Å². The molecule has 96 valence electrons. The molecule has 0 bridgehead atoms. The van der Waals surface area contributed by atoms with Crippen LogP contribution in [0.1, 0.15) is 59.3 Å². The van der Waals surface area contributed by atoms with Crippen LogP contribution in [0.4, 0.5) is 4.79 Å². The standard InChI is InChI=1S/C13H27NO2/c1-4-5-10-14-13(15)16-11-8-6-7-9-12(2)3/h12H,4-11H2,1-3H3,(H,14,15). The van der Waals surface area contributed by atoms with Gasteiger partial charge in [-0.3, -0.25) is 0 Å². The minimum absolute atomic E-state index is 0.266. The van der Waals surface area contributed by atoms with Crippen molar-refractivity contribution < 1.29 is 9.53 Å². The van der Waals surface area contributed by atoms with Gasteiger partial charge in [-0.15, -0.1) is 0 Å². The summed E-state index contributed by atoms with van der Waals surface area (Å²) in [4.78, 5) is 11.1. The molecule has 0 unspecified atom stereocenters. The van der Waals surface area contributed by atoms with Crippen molar-refractivity contribution in [2.75, 3.05) is 13.2 Å². The van der Waals surface area contributed by atoms with E-state index in [1.54, 1.807) is 0 Å². The molecule has 0 rings (SSSR count). The quantitative estimate of drug-likeness (QED) is 0.612. The molecule has 0 aliphatic rings. The third-order valence-corrected chi connectivity index (χ3v) is 2.46. The second kappa shape index (κ2) is 10.8. The fraction of sp³-hybridized carbons (Fsp3) is 0.923. The number of rotatable bonds is 9. The Balaban J connectivity index is 3.15. The first-order valence-electron chi connectivity index (χ1n) is 6.57. The smallest absolute Gasteiger partial charge is 0.407 e. The largest absolute Gasteiger partial charge is 0.450 e. The predicted octanol–water partition coefficient (Wildman–Crippen LogP) is 3.73. The van der Waals surface area contributed by atoms with Gasteiger partial charge in [0.15, 0.2) is 0 Å². The van der Waals surface area contributed by atoms with Gasteiger partial charge in [-0.25, -0.2) is 4.79 Å². The van der Waals surface area contributed by atoms with Crippen LogP contribution in [0.25, 0.3) is 0 Å². The molecule has 3 heteroatoms. The molecule has 0 heterocycles. The number of nitrogens with one attached hydrogen (secondary N) is 1. The fourth-order valence-electron chi connectivity index (χ4n) is 1.41. The first-order valence-corrected chi connectivity index (χ1v) is 6.57. The van der Waals surface area contributed by atoms with Crippen molar-refractivity contribution in [1.82, 2.24) is 5.32 Å². The SMILES string of the molecule is CCCCNC(=O)OCCCCCC(C)C. The summed E-state index contributed by atoms with van der Waals surface area (Å²) in [5.41, 5.74) is 0. The third-order valence-electron chi connectivity index (χ3n) is 2.46. The molecule has 1 N–H and O–H groups in total.